The van der Waals surface area contributed by atoms with Crippen LogP contribution in [0.25, 0.3) is 0 Å². The molecule has 1 fully saturated rings. The van der Waals surface area contributed by atoms with Crippen LogP contribution in [-0.2, 0) is 4.74 Å². The molecule has 0 saturated carbocycles. The number of likely N-dealkylation sites (tertiary alicyclic amines) is 1. The van der Waals surface area contributed by atoms with Crippen molar-refractivity contribution in [1.82, 2.24) is 10.2 Å². The van der Waals surface area contributed by atoms with Crippen LogP contribution < -0.4 is 5.32 Å². The fraction of sp³-hybridized carbons (Fsp3) is 0.909. The first-order valence-electron chi connectivity index (χ1n) is 5.67. The van der Waals surface area contributed by atoms with Crippen molar-refractivity contribution < 1.29 is 14.6 Å². The van der Waals surface area contributed by atoms with Crippen LogP contribution in [0, 0.1) is 0 Å². The zero-order valence-corrected chi connectivity index (χ0v) is 10.5. The number of carbonyl (C=O) groups is 1. The van der Waals surface area contributed by atoms with E-state index in [1.54, 1.807) is 11.9 Å². The maximum absolute atomic E-state index is 11.8. The normalized spacial score (nSPS) is 26.7. The van der Waals surface area contributed by atoms with Crippen molar-refractivity contribution in [1.29, 1.82) is 0 Å². The highest BCUT2D eigenvalue weighted by atomic mass is 16.6. The number of hydrogen-bond donors (Lipinski definition) is 2. The summed E-state index contributed by atoms with van der Waals surface area (Å²) in [5.74, 6) is 0. The van der Waals surface area contributed by atoms with Gasteiger partial charge in [0.1, 0.15) is 5.60 Å². The Morgan fingerprint density at radius 3 is 2.62 bits per heavy atom. The molecular formula is C11H22N2O3. The maximum atomic E-state index is 11.8. The third-order valence-electron chi connectivity index (χ3n) is 2.60. The number of nitrogens with one attached hydrogen (secondary N) is 1. The molecule has 1 aliphatic heterocycles. The number of likely N-dealkylation sites (N-methyl/N-ethyl adjacent to an activating group) is 1. The van der Waals surface area contributed by atoms with E-state index in [4.69, 9.17) is 4.74 Å². The monoisotopic (exact) mass is 230 g/mol. The molecule has 1 rings (SSSR count). The van der Waals surface area contributed by atoms with Gasteiger partial charge in [0, 0.05) is 13.1 Å². The van der Waals surface area contributed by atoms with E-state index in [0.717, 1.165) is 0 Å². The fourth-order valence-electron chi connectivity index (χ4n) is 1.72. The minimum Gasteiger partial charge on any atom is -0.444 e. The lowest BCUT2D eigenvalue weighted by molar-refractivity contribution is 0.00137. The van der Waals surface area contributed by atoms with Gasteiger partial charge < -0.3 is 20.1 Å². The van der Waals surface area contributed by atoms with Gasteiger partial charge in [-0.25, -0.2) is 4.79 Å². The van der Waals surface area contributed by atoms with Gasteiger partial charge >= 0.3 is 6.09 Å². The highest BCUT2D eigenvalue weighted by molar-refractivity contribution is 5.68. The van der Waals surface area contributed by atoms with Crippen LogP contribution in [0.5, 0.6) is 0 Å². The minimum absolute atomic E-state index is 0.0683. The zero-order valence-electron chi connectivity index (χ0n) is 10.5. The van der Waals surface area contributed by atoms with Gasteiger partial charge in [-0.15, -0.1) is 0 Å². The largest absolute Gasteiger partial charge is 0.444 e. The summed E-state index contributed by atoms with van der Waals surface area (Å²) in [4.78, 5) is 13.4. The van der Waals surface area contributed by atoms with Gasteiger partial charge in [-0.1, -0.05) is 0 Å². The van der Waals surface area contributed by atoms with Gasteiger partial charge in [0.25, 0.3) is 0 Å². The summed E-state index contributed by atoms with van der Waals surface area (Å²) in [5, 5.41) is 12.7. The van der Waals surface area contributed by atoms with Crippen molar-refractivity contribution in [3.63, 3.8) is 0 Å². The Kier molecular flexibility index (Phi) is 4.15. The number of aliphatic hydroxyl groups excluding tert-OH is 1. The Balaban J connectivity index is 2.52. The number of piperidine rings is 1. The number of aliphatic hydroxyl groups is 1. The summed E-state index contributed by atoms with van der Waals surface area (Å²) in [6.45, 7) is 6.58. The zero-order chi connectivity index (χ0) is 12.3. The molecule has 1 heterocycles. The van der Waals surface area contributed by atoms with E-state index in [1.807, 2.05) is 20.8 Å². The molecule has 0 unspecified atom stereocenters. The molecular weight excluding hydrogens is 208 g/mol. The van der Waals surface area contributed by atoms with Crippen LogP contribution in [0.15, 0.2) is 0 Å². The third kappa shape index (κ3) is 3.64. The molecule has 0 aromatic rings. The molecule has 0 spiro atoms. The lowest BCUT2D eigenvalue weighted by Gasteiger charge is -2.36. The topological polar surface area (TPSA) is 61.8 Å². The van der Waals surface area contributed by atoms with E-state index in [-0.39, 0.29) is 18.2 Å². The van der Waals surface area contributed by atoms with Gasteiger partial charge in [0.05, 0.1) is 12.1 Å². The molecule has 94 valence electrons. The molecule has 2 N–H and O–H groups in total. The first-order chi connectivity index (χ1) is 7.33. The summed E-state index contributed by atoms with van der Waals surface area (Å²) in [7, 11) is 1.78. The van der Waals surface area contributed by atoms with Crippen LogP contribution in [-0.4, -0.2) is 54.0 Å². The van der Waals surface area contributed by atoms with Crippen molar-refractivity contribution in [2.45, 2.75) is 44.9 Å². The molecule has 0 radical (unpaired) electrons. The van der Waals surface area contributed by atoms with Gasteiger partial charge in [0.2, 0.25) is 0 Å². The Labute approximate surface area is 96.8 Å². The number of hydrogen-bond acceptors (Lipinski definition) is 4. The highest BCUT2D eigenvalue weighted by Gasteiger charge is 2.31. The molecule has 2 atom stereocenters. The summed E-state index contributed by atoms with van der Waals surface area (Å²) >= 11 is 0. The van der Waals surface area contributed by atoms with E-state index in [0.29, 0.717) is 19.5 Å². The van der Waals surface area contributed by atoms with Crippen molar-refractivity contribution in [3.8, 4) is 0 Å². The van der Waals surface area contributed by atoms with Crippen LogP contribution >= 0.6 is 0 Å². The molecule has 0 bridgehead atoms. The lowest BCUT2D eigenvalue weighted by Crippen LogP contribution is -2.54. The fourth-order valence-corrected chi connectivity index (χ4v) is 1.72. The first kappa shape index (κ1) is 13.3. The second-order valence-corrected chi connectivity index (χ2v) is 5.18. The van der Waals surface area contributed by atoms with Crippen LogP contribution in [0.2, 0.25) is 0 Å². The smallest absolute Gasteiger partial charge is 0.410 e. The second kappa shape index (κ2) is 5.01. The van der Waals surface area contributed by atoms with Gasteiger partial charge in [-0.2, -0.15) is 0 Å². The Hall–Kier alpha value is -0.810. The van der Waals surface area contributed by atoms with Gasteiger partial charge in [-0.05, 0) is 34.2 Å². The number of amides is 1. The predicted molar refractivity (Wildman–Crippen MR) is 61.3 cm³/mol. The molecule has 1 saturated heterocycles. The van der Waals surface area contributed by atoms with Gasteiger partial charge in [0.15, 0.2) is 0 Å². The van der Waals surface area contributed by atoms with Gasteiger partial charge in [-0.3, -0.25) is 0 Å². The highest BCUT2D eigenvalue weighted by Crippen LogP contribution is 2.15. The number of rotatable bonds is 1. The number of ether oxygens (including phenoxy) is 1. The summed E-state index contributed by atoms with van der Waals surface area (Å²) < 4.78 is 5.28. The quantitative estimate of drug-likeness (QED) is 0.691. The molecule has 1 amide bonds. The third-order valence-corrected chi connectivity index (χ3v) is 2.60. The van der Waals surface area contributed by atoms with Crippen molar-refractivity contribution >= 4 is 6.09 Å². The average molecular weight is 230 g/mol. The first-order valence-corrected chi connectivity index (χ1v) is 5.67. The van der Waals surface area contributed by atoms with E-state index in [9.17, 15) is 9.90 Å². The Bertz CT molecular complexity index is 250. The SMILES string of the molecule is CN[C@@H]1CN(C(=O)OC(C)(C)C)CC[C@H]1O. The Morgan fingerprint density at radius 2 is 2.12 bits per heavy atom. The van der Waals surface area contributed by atoms with E-state index < -0.39 is 5.60 Å². The maximum Gasteiger partial charge on any atom is 0.410 e. The molecule has 5 heteroatoms. The van der Waals surface area contributed by atoms with E-state index in [2.05, 4.69) is 5.32 Å². The average Bonchev–Trinajstić information content (AvgIpc) is 2.15. The summed E-state index contributed by atoms with van der Waals surface area (Å²) in [6.07, 6.45) is -0.103. The van der Waals surface area contributed by atoms with Crippen LogP contribution in [0.4, 0.5) is 4.79 Å². The van der Waals surface area contributed by atoms with Crippen molar-refractivity contribution in [3.05, 3.63) is 0 Å². The molecule has 0 aromatic heterocycles. The molecule has 1 aliphatic rings. The standard InChI is InChI=1S/C11H22N2O3/c1-11(2,3)16-10(15)13-6-5-9(14)8(7-13)12-4/h8-9,12,14H,5-7H2,1-4H3/t8-,9-/m1/s1. The summed E-state index contributed by atoms with van der Waals surface area (Å²) in [5.41, 5.74) is -0.470. The predicted octanol–water partition coefficient (Wildman–Crippen LogP) is 0.576. The second-order valence-electron chi connectivity index (χ2n) is 5.18. The van der Waals surface area contributed by atoms with E-state index in [1.165, 1.54) is 0 Å². The Morgan fingerprint density at radius 1 is 1.50 bits per heavy atom. The van der Waals surface area contributed by atoms with Crippen molar-refractivity contribution in [2.24, 2.45) is 0 Å². The van der Waals surface area contributed by atoms with Crippen LogP contribution in [0.1, 0.15) is 27.2 Å². The summed E-state index contributed by atoms with van der Waals surface area (Å²) in [6, 6.07) is -0.0683. The van der Waals surface area contributed by atoms with Crippen LogP contribution in [0.3, 0.4) is 0 Å². The lowest BCUT2D eigenvalue weighted by atomic mass is 10.0. The van der Waals surface area contributed by atoms with Crippen molar-refractivity contribution in [2.75, 3.05) is 20.1 Å². The molecule has 16 heavy (non-hydrogen) atoms. The number of nitrogens with zero attached hydrogens (tertiary/aromatic N) is 1. The molecule has 0 aliphatic carbocycles. The van der Waals surface area contributed by atoms with E-state index >= 15 is 0 Å². The minimum atomic E-state index is -0.470. The number of carbonyl (C=O) groups excluding carboxylic acids is 1. The molecule has 0 aromatic carbocycles. The molecule has 5 nitrogen and oxygen atoms in total.